The smallest absolute Gasteiger partial charge is 0.416 e. The van der Waals surface area contributed by atoms with Gasteiger partial charge in [0.05, 0.1) is 12.1 Å². The zero-order valence-electron chi connectivity index (χ0n) is 14.4. The Labute approximate surface area is 146 Å². The monoisotopic (exact) mass is 351 g/mol. The van der Waals surface area contributed by atoms with Crippen LogP contribution in [-0.4, -0.2) is 6.54 Å². The van der Waals surface area contributed by atoms with E-state index < -0.39 is 11.7 Å². The van der Waals surface area contributed by atoms with Crippen molar-refractivity contribution < 1.29 is 17.6 Å². The van der Waals surface area contributed by atoms with E-state index in [-0.39, 0.29) is 0 Å². The van der Waals surface area contributed by atoms with E-state index in [0.717, 1.165) is 30.4 Å². The van der Waals surface area contributed by atoms with E-state index in [1.54, 1.807) is 12.1 Å². The molecule has 0 bridgehead atoms. The SMILES string of the molecule is CC1CCC(CNCc2ccc(-c3cccc(C(F)(F)F)c3)o2)CC1. The summed E-state index contributed by atoms with van der Waals surface area (Å²) in [4.78, 5) is 0. The second kappa shape index (κ2) is 7.65. The maximum Gasteiger partial charge on any atom is 0.416 e. The molecule has 3 rings (SSSR count). The van der Waals surface area contributed by atoms with Crippen LogP contribution in [0.4, 0.5) is 13.2 Å². The molecule has 2 nitrogen and oxygen atoms in total. The summed E-state index contributed by atoms with van der Waals surface area (Å²) < 4.78 is 44.2. The molecule has 0 amide bonds. The van der Waals surface area contributed by atoms with Gasteiger partial charge in [0, 0.05) is 5.56 Å². The number of halogens is 3. The minimum Gasteiger partial charge on any atom is -0.460 e. The van der Waals surface area contributed by atoms with Crippen LogP contribution in [0.5, 0.6) is 0 Å². The molecule has 0 saturated heterocycles. The Morgan fingerprint density at radius 2 is 1.84 bits per heavy atom. The third-order valence-corrected chi connectivity index (χ3v) is 5.00. The van der Waals surface area contributed by atoms with Crippen molar-refractivity contribution in [2.24, 2.45) is 11.8 Å². The van der Waals surface area contributed by atoms with Gasteiger partial charge in [0.25, 0.3) is 0 Å². The molecule has 0 spiro atoms. The molecule has 136 valence electrons. The Hall–Kier alpha value is -1.75. The maximum absolute atomic E-state index is 12.8. The molecule has 0 aliphatic heterocycles. The summed E-state index contributed by atoms with van der Waals surface area (Å²) in [6.45, 7) is 3.87. The fourth-order valence-electron chi connectivity index (χ4n) is 3.41. The van der Waals surface area contributed by atoms with E-state index in [4.69, 9.17) is 4.42 Å². The summed E-state index contributed by atoms with van der Waals surface area (Å²) in [7, 11) is 0. The number of furan rings is 1. The highest BCUT2D eigenvalue weighted by molar-refractivity contribution is 5.58. The van der Waals surface area contributed by atoms with Gasteiger partial charge in [-0.05, 0) is 55.5 Å². The molecule has 1 aliphatic carbocycles. The predicted octanol–water partition coefficient (Wildman–Crippen LogP) is 5.88. The lowest BCUT2D eigenvalue weighted by Crippen LogP contribution is -2.25. The van der Waals surface area contributed by atoms with E-state index in [2.05, 4.69) is 12.2 Å². The van der Waals surface area contributed by atoms with Crippen LogP contribution in [0.2, 0.25) is 0 Å². The largest absolute Gasteiger partial charge is 0.460 e. The van der Waals surface area contributed by atoms with Crippen LogP contribution in [-0.2, 0) is 12.7 Å². The summed E-state index contributed by atoms with van der Waals surface area (Å²) in [5, 5.41) is 3.41. The maximum atomic E-state index is 12.8. The minimum atomic E-state index is -4.34. The molecule has 25 heavy (non-hydrogen) atoms. The van der Waals surface area contributed by atoms with Crippen LogP contribution in [0.3, 0.4) is 0 Å². The number of rotatable bonds is 5. The molecule has 1 saturated carbocycles. The van der Waals surface area contributed by atoms with Gasteiger partial charge in [-0.1, -0.05) is 31.9 Å². The lowest BCUT2D eigenvalue weighted by molar-refractivity contribution is -0.137. The van der Waals surface area contributed by atoms with Crippen molar-refractivity contribution in [3.8, 4) is 11.3 Å². The molecule has 0 radical (unpaired) electrons. The van der Waals surface area contributed by atoms with E-state index in [1.807, 2.05) is 6.07 Å². The second-order valence-electron chi connectivity index (χ2n) is 7.10. The quantitative estimate of drug-likeness (QED) is 0.727. The highest BCUT2D eigenvalue weighted by Gasteiger charge is 2.30. The van der Waals surface area contributed by atoms with Crippen molar-refractivity contribution in [1.29, 1.82) is 0 Å². The average molecular weight is 351 g/mol. The van der Waals surface area contributed by atoms with Gasteiger partial charge >= 0.3 is 6.18 Å². The summed E-state index contributed by atoms with van der Waals surface area (Å²) >= 11 is 0. The predicted molar refractivity (Wildman–Crippen MR) is 92.0 cm³/mol. The summed E-state index contributed by atoms with van der Waals surface area (Å²) in [5.41, 5.74) is -0.213. The number of alkyl halides is 3. The number of benzene rings is 1. The van der Waals surface area contributed by atoms with E-state index in [9.17, 15) is 13.2 Å². The first-order valence-corrected chi connectivity index (χ1v) is 8.89. The molecular formula is C20H24F3NO. The first-order valence-electron chi connectivity index (χ1n) is 8.89. The van der Waals surface area contributed by atoms with Crippen LogP contribution in [0.1, 0.15) is 43.9 Å². The molecule has 1 aromatic heterocycles. The van der Waals surface area contributed by atoms with Gasteiger partial charge < -0.3 is 9.73 Å². The number of hydrogen-bond donors (Lipinski definition) is 1. The summed E-state index contributed by atoms with van der Waals surface area (Å²) in [6.07, 6.45) is 0.785. The molecule has 1 aromatic carbocycles. The third kappa shape index (κ3) is 4.88. The standard InChI is InChI=1S/C20H24F3NO/c1-14-5-7-15(8-6-14)12-24-13-18-9-10-19(25-18)16-3-2-4-17(11-16)20(21,22)23/h2-4,9-11,14-15,24H,5-8,12-13H2,1H3. The van der Waals surface area contributed by atoms with Gasteiger partial charge in [-0.25, -0.2) is 0 Å². The molecule has 0 unspecified atom stereocenters. The van der Waals surface area contributed by atoms with Crippen LogP contribution in [0.25, 0.3) is 11.3 Å². The van der Waals surface area contributed by atoms with E-state index in [0.29, 0.717) is 23.8 Å². The van der Waals surface area contributed by atoms with Crippen molar-refractivity contribution in [2.75, 3.05) is 6.54 Å². The lowest BCUT2D eigenvalue weighted by atomic mass is 9.83. The molecule has 1 heterocycles. The van der Waals surface area contributed by atoms with Gasteiger partial charge in [0.2, 0.25) is 0 Å². The Kier molecular flexibility index (Phi) is 5.52. The van der Waals surface area contributed by atoms with Crippen LogP contribution in [0, 0.1) is 11.8 Å². The van der Waals surface area contributed by atoms with Crippen molar-refractivity contribution >= 4 is 0 Å². The lowest BCUT2D eigenvalue weighted by Gasteiger charge is -2.26. The van der Waals surface area contributed by atoms with Crippen molar-refractivity contribution in [2.45, 2.75) is 45.3 Å². The second-order valence-corrected chi connectivity index (χ2v) is 7.10. The molecule has 0 atom stereocenters. The fourth-order valence-corrected chi connectivity index (χ4v) is 3.41. The highest BCUT2D eigenvalue weighted by atomic mass is 19.4. The van der Waals surface area contributed by atoms with Gasteiger partial charge in [0.1, 0.15) is 11.5 Å². The third-order valence-electron chi connectivity index (χ3n) is 5.00. The van der Waals surface area contributed by atoms with E-state index >= 15 is 0 Å². The average Bonchev–Trinajstić information content (AvgIpc) is 3.05. The Morgan fingerprint density at radius 3 is 2.56 bits per heavy atom. The molecule has 1 aliphatic rings. The van der Waals surface area contributed by atoms with Gasteiger partial charge in [-0.2, -0.15) is 13.2 Å². The van der Waals surface area contributed by atoms with Gasteiger partial charge in [0.15, 0.2) is 0 Å². The van der Waals surface area contributed by atoms with Gasteiger partial charge in [-0.15, -0.1) is 0 Å². The number of hydrogen-bond acceptors (Lipinski definition) is 2. The molecular weight excluding hydrogens is 327 g/mol. The van der Waals surface area contributed by atoms with Gasteiger partial charge in [-0.3, -0.25) is 0 Å². The molecule has 1 fully saturated rings. The Bertz CT molecular complexity index is 684. The van der Waals surface area contributed by atoms with Crippen molar-refractivity contribution in [3.63, 3.8) is 0 Å². The summed E-state index contributed by atoms with van der Waals surface area (Å²) in [5.74, 6) is 2.77. The Morgan fingerprint density at radius 1 is 1.08 bits per heavy atom. The van der Waals surface area contributed by atoms with Crippen LogP contribution in [0.15, 0.2) is 40.8 Å². The number of nitrogens with one attached hydrogen (secondary N) is 1. The van der Waals surface area contributed by atoms with Crippen molar-refractivity contribution in [1.82, 2.24) is 5.32 Å². The first-order chi connectivity index (χ1) is 11.9. The minimum absolute atomic E-state index is 0.447. The molecule has 2 aromatic rings. The first kappa shape index (κ1) is 18.1. The summed E-state index contributed by atoms with van der Waals surface area (Å²) in [6, 6.07) is 8.79. The van der Waals surface area contributed by atoms with Crippen LogP contribution < -0.4 is 5.32 Å². The zero-order valence-corrected chi connectivity index (χ0v) is 14.4. The highest BCUT2D eigenvalue weighted by Crippen LogP contribution is 2.32. The van der Waals surface area contributed by atoms with Crippen LogP contribution >= 0.6 is 0 Å². The van der Waals surface area contributed by atoms with Crippen molar-refractivity contribution in [3.05, 3.63) is 47.7 Å². The molecule has 5 heteroatoms. The molecule has 1 N–H and O–H groups in total. The normalized spacial score (nSPS) is 21.4. The zero-order chi connectivity index (χ0) is 17.9. The fraction of sp³-hybridized carbons (Fsp3) is 0.500. The topological polar surface area (TPSA) is 25.2 Å². The van der Waals surface area contributed by atoms with E-state index in [1.165, 1.54) is 31.7 Å². The Balaban J connectivity index is 1.56.